The summed E-state index contributed by atoms with van der Waals surface area (Å²) in [7, 11) is 1.42. The molecule has 2 aromatic carbocycles. The van der Waals surface area contributed by atoms with Gasteiger partial charge in [-0.15, -0.1) is 5.10 Å². The van der Waals surface area contributed by atoms with Crippen LogP contribution in [-0.4, -0.2) is 90.8 Å². The highest BCUT2D eigenvalue weighted by atomic mass is 17.1. The minimum absolute atomic E-state index is 0.103. The summed E-state index contributed by atoms with van der Waals surface area (Å²) in [5.74, 6) is -1.99. The summed E-state index contributed by atoms with van der Waals surface area (Å²) in [4.78, 5) is 46.5. The number of methoxy groups -OCH3 is 1. The van der Waals surface area contributed by atoms with Gasteiger partial charge in [-0.05, 0) is 52.3 Å². The number of aromatic amines is 1. The van der Waals surface area contributed by atoms with Crippen molar-refractivity contribution in [2.75, 3.05) is 7.11 Å². The number of unbranched alkanes of at least 4 members (excludes halogenated alkanes) is 1. The van der Waals surface area contributed by atoms with Gasteiger partial charge in [0.05, 0.1) is 17.4 Å². The van der Waals surface area contributed by atoms with Gasteiger partial charge in [0, 0.05) is 32.6 Å². The molecule has 1 saturated carbocycles. The zero-order valence-corrected chi connectivity index (χ0v) is 27.8. The number of ether oxygens (including phenoxy) is 3. The van der Waals surface area contributed by atoms with E-state index in [-0.39, 0.29) is 37.6 Å². The lowest BCUT2D eigenvalue weighted by molar-refractivity contribution is -0.507. The second kappa shape index (κ2) is 17.2. The monoisotopic (exact) mass is 668 g/mol. The Bertz CT molecular complexity index is 1480. The summed E-state index contributed by atoms with van der Waals surface area (Å²) in [6, 6.07) is 14.5. The molecule has 0 radical (unpaired) electrons. The number of nitrogens with zero attached hydrogens (tertiary/aromatic N) is 5. The fourth-order valence-corrected chi connectivity index (χ4v) is 5.92. The number of benzene rings is 2. The summed E-state index contributed by atoms with van der Waals surface area (Å²) < 4.78 is 16.3. The largest absolute Gasteiger partial charge is 0.425 e. The van der Waals surface area contributed by atoms with Gasteiger partial charge in [0.15, 0.2) is 5.82 Å². The zero-order chi connectivity index (χ0) is 34.8. The molecule has 260 valence electrons. The highest BCUT2D eigenvalue weighted by molar-refractivity contribution is 5.85. The molecule has 15 nitrogen and oxygen atoms in total. The third-order valence-electron chi connectivity index (χ3n) is 8.30. The van der Waals surface area contributed by atoms with Gasteiger partial charge >= 0.3 is 11.9 Å². The minimum Gasteiger partial charge on any atom is -0.425 e. The van der Waals surface area contributed by atoms with E-state index in [1.165, 1.54) is 18.9 Å². The van der Waals surface area contributed by atoms with Gasteiger partial charge in [-0.2, -0.15) is 0 Å². The van der Waals surface area contributed by atoms with Crippen molar-refractivity contribution in [1.29, 1.82) is 0 Å². The number of carbonyl (C=O) groups is 3. The van der Waals surface area contributed by atoms with Gasteiger partial charge in [0.1, 0.15) is 12.1 Å². The first-order chi connectivity index (χ1) is 23.0. The number of hydrogen-bond donors (Lipinski definition) is 3. The molecule has 1 aliphatic rings. The van der Waals surface area contributed by atoms with Crippen LogP contribution in [0.1, 0.15) is 65.4 Å². The molecule has 48 heavy (non-hydrogen) atoms. The summed E-state index contributed by atoms with van der Waals surface area (Å²) in [5.41, 5.74) is 3.50. The van der Waals surface area contributed by atoms with Crippen molar-refractivity contribution in [3.63, 3.8) is 0 Å². The number of carbonyl (C=O) groups excluding carboxylic acids is 3. The standard InChI is InChI=1S/C33H44N6O9/c1-6-7-12-29(40)38(19-22-13-15-23(16-14-22)25-10-8-9-11-26(25)31-34-36-37-35-31)30(20(2)3)33(42)47-21(4)46-32(41)24-17-27(45-5)28(18-24)48-39(43)44/h8-11,13-16,20-21,24,27-28,30,43-44H,6-7,12,17-19H2,1-5H3,(H,34,35,36,37)/t21?,24-,27-,28-,30-/m0/s1. The van der Waals surface area contributed by atoms with E-state index < -0.39 is 47.8 Å². The molecular formula is C33H44N6O9. The van der Waals surface area contributed by atoms with Gasteiger partial charge in [0.2, 0.25) is 12.2 Å². The predicted molar refractivity (Wildman–Crippen MR) is 169 cm³/mol. The fraction of sp³-hybridized carbons (Fsp3) is 0.515. The number of nitrogens with one attached hydrogen (secondary N) is 1. The summed E-state index contributed by atoms with van der Waals surface area (Å²) in [5, 5.41) is 31.8. The molecule has 1 unspecified atom stereocenters. The molecule has 0 bridgehead atoms. The minimum atomic E-state index is -1.24. The molecule has 4 rings (SSSR count). The molecule has 1 fully saturated rings. The Kier molecular flexibility index (Phi) is 13.1. The molecule has 1 amide bonds. The maximum absolute atomic E-state index is 13.6. The second-order valence-corrected chi connectivity index (χ2v) is 12.1. The fourth-order valence-electron chi connectivity index (χ4n) is 5.92. The van der Waals surface area contributed by atoms with Gasteiger partial charge in [-0.1, -0.05) is 75.7 Å². The maximum atomic E-state index is 13.6. The maximum Gasteiger partial charge on any atom is 0.332 e. The Labute approximate surface area is 279 Å². The Morgan fingerprint density at radius 1 is 0.979 bits per heavy atom. The quantitative estimate of drug-likeness (QED) is 0.111. The molecule has 0 aliphatic heterocycles. The molecule has 3 aromatic rings. The first kappa shape index (κ1) is 36.6. The number of hydrogen-bond acceptors (Lipinski definition) is 13. The first-order valence-corrected chi connectivity index (χ1v) is 16.0. The third kappa shape index (κ3) is 9.41. The lowest BCUT2D eigenvalue weighted by Gasteiger charge is -2.33. The molecule has 1 aliphatic carbocycles. The van der Waals surface area contributed by atoms with E-state index in [1.54, 1.807) is 0 Å². The SMILES string of the molecule is CCCCC(=O)N(Cc1ccc(-c2ccccc2-c2nnn[nH]2)cc1)[C@H](C(=O)OC(C)OC(=O)[C@H]1C[C@H](OC)[C@@H](ON(O)O)C1)C(C)C. The van der Waals surface area contributed by atoms with Crippen LogP contribution in [0.5, 0.6) is 0 Å². The molecule has 1 heterocycles. The van der Waals surface area contributed by atoms with Crippen LogP contribution < -0.4 is 0 Å². The molecule has 0 saturated heterocycles. The van der Waals surface area contributed by atoms with Crippen molar-refractivity contribution in [3.8, 4) is 22.5 Å². The van der Waals surface area contributed by atoms with E-state index in [1.807, 2.05) is 69.3 Å². The average Bonchev–Trinajstić information content (AvgIpc) is 3.74. The molecule has 15 heteroatoms. The Morgan fingerprint density at radius 2 is 1.67 bits per heavy atom. The smallest absolute Gasteiger partial charge is 0.332 e. The van der Waals surface area contributed by atoms with E-state index in [0.717, 1.165) is 28.7 Å². The van der Waals surface area contributed by atoms with Gasteiger partial charge in [-0.25, -0.2) is 14.7 Å². The lowest BCUT2D eigenvalue weighted by Crippen LogP contribution is -2.49. The number of tetrazole rings is 1. The van der Waals surface area contributed by atoms with Crippen LogP contribution in [0, 0.1) is 11.8 Å². The zero-order valence-electron chi connectivity index (χ0n) is 27.8. The number of aromatic nitrogens is 4. The Hall–Kier alpha value is -4.28. The summed E-state index contributed by atoms with van der Waals surface area (Å²) in [6.45, 7) is 7.25. The predicted octanol–water partition coefficient (Wildman–Crippen LogP) is 4.32. The van der Waals surface area contributed by atoms with Crippen molar-refractivity contribution in [3.05, 3.63) is 54.1 Å². The molecular weight excluding hydrogens is 624 g/mol. The van der Waals surface area contributed by atoms with Crippen LogP contribution in [0.2, 0.25) is 0 Å². The molecule has 0 spiro atoms. The van der Waals surface area contributed by atoms with Crippen LogP contribution in [0.25, 0.3) is 22.5 Å². The number of esters is 2. The Balaban J connectivity index is 1.47. The van der Waals surface area contributed by atoms with Gasteiger partial charge in [-0.3, -0.25) is 20.0 Å². The highest BCUT2D eigenvalue weighted by Crippen LogP contribution is 2.33. The molecule has 3 N–H and O–H groups in total. The Morgan fingerprint density at radius 3 is 2.27 bits per heavy atom. The molecule has 1 aromatic heterocycles. The van der Waals surface area contributed by atoms with E-state index in [2.05, 4.69) is 20.6 Å². The second-order valence-electron chi connectivity index (χ2n) is 12.1. The average molecular weight is 669 g/mol. The first-order valence-electron chi connectivity index (χ1n) is 16.0. The third-order valence-corrected chi connectivity index (χ3v) is 8.30. The van der Waals surface area contributed by atoms with E-state index in [9.17, 15) is 14.4 Å². The van der Waals surface area contributed by atoms with E-state index in [0.29, 0.717) is 12.2 Å². The van der Waals surface area contributed by atoms with Gasteiger partial charge < -0.3 is 19.1 Å². The highest BCUT2D eigenvalue weighted by Gasteiger charge is 2.42. The van der Waals surface area contributed by atoms with Crippen LogP contribution in [0.15, 0.2) is 48.5 Å². The summed E-state index contributed by atoms with van der Waals surface area (Å²) in [6.07, 6.45) is -0.564. The van der Waals surface area contributed by atoms with E-state index in [4.69, 9.17) is 29.5 Å². The van der Waals surface area contributed by atoms with E-state index >= 15 is 0 Å². The van der Waals surface area contributed by atoms with Crippen molar-refractivity contribution >= 4 is 17.8 Å². The molecule has 5 atom stereocenters. The normalized spacial score (nSPS) is 18.9. The van der Waals surface area contributed by atoms with Crippen LogP contribution in [0.3, 0.4) is 0 Å². The number of rotatable bonds is 16. The van der Waals surface area contributed by atoms with Gasteiger partial charge in [0.25, 0.3) is 0 Å². The van der Waals surface area contributed by atoms with Crippen LogP contribution in [-0.2, 0) is 40.0 Å². The summed E-state index contributed by atoms with van der Waals surface area (Å²) >= 11 is 0. The van der Waals surface area contributed by atoms with Crippen molar-refractivity contribution in [2.24, 2.45) is 11.8 Å². The number of H-pyrrole nitrogens is 1. The van der Waals surface area contributed by atoms with Crippen molar-refractivity contribution < 1.29 is 43.8 Å². The van der Waals surface area contributed by atoms with Crippen molar-refractivity contribution in [1.82, 2.24) is 30.9 Å². The topological polar surface area (TPSA) is 190 Å². The van der Waals surface area contributed by atoms with Crippen LogP contribution >= 0.6 is 0 Å². The van der Waals surface area contributed by atoms with Crippen molar-refractivity contribution in [2.45, 2.75) is 90.9 Å². The lowest BCUT2D eigenvalue weighted by atomic mass is 9.97. The van der Waals surface area contributed by atoms with Crippen LogP contribution in [0.4, 0.5) is 0 Å². The number of amides is 1.